The summed E-state index contributed by atoms with van der Waals surface area (Å²) in [6, 6.07) is 8.56. The first-order valence-electron chi connectivity index (χ1n) is 5.82. The van der Waals surface area contributed by atoms with Crippen LogP contribution in [0.25, 0.3) is 0 Å². The van der Waals surface area contributed by atoms with Gasteiger partial charge in [-0.15, -0.1) is 0 Å². The molecule has 0 saturated heterocycles. The Morgan fingerprint density at radius 1 is 1.35 bits per heavy atom. The van der Waals surface area contributed by atoms with Gasteiger partial charge < -0.3 is 15.2 Å². The van der Waals surface area contributed by atoms with Gasteiger partial charge in [-0.25, -0.2) is 4.79 Å². The highest BCUT2D eigenvalue weighted by molar-refractivity contribution is 9.10. The number of aromatic nitrogens is 1. The fourth-order valence-electron chi connectivity index (χ4n) is 1.61. The van der Waals surface area contributed by atoms with Gasteiger partial charge in [0, 0.05) is 10.7 Å². The van der Waals surface area contributed by atoms with Crippen molar-refractivity contribution in [3.63, 3.8) is 0 Å². The number of carbonyl (C=O) groups is 1. The molecule has 0 aliphatic carbocycles. The molecule has 0 atom stereocenters. The van der Waals surface area contributed by atoms with Crippen LogP contribution in [0.1, 0.15) is 16.1 Å². The van der Waals surface area contributed by atoms with Gasteiger partial charge in [0.2, 0.25) is 0 Å². The summed E-state index contributed by atoms with van der Waals surface area (Å²) < 4.78 is 11.1. The molecule has 0 spiro atoms. The molecule has 20 heavy (non-hydrogen) atoms. The van der Waals surface area contributed by atoms with E-state index in [1.165, 1.54) is 7.11 Å². The largest absolute Gasteiger partial charge is 0.495 e. The van der Waals surface area contributed by atoms with Gasteiger partial charge in [-0.3, -0.25) is 4.98 Å². The van der Waals surface area contributed by atoms with E-state index in [0.717, 1.165) is 4.47 Å². The van der Waals surface area contributed by atoms with E-state index in [4.69, 9.17) is 15.2 Å². The molecule has 1 heterocycles. The predicted molar refractivity (Wildman–Crippen MR) is 78.5 cm³/mol. The third kappa shape index (κ3) is 3.27. The lowest BCUT2D eigenvalue weighted by Gasteiger charge is -2.09. The Morgan fingerprint density at radius 3 is 2.80 bits per heavy atom. The third-order valence-corrected chi connectivity index (χ3v) is 3.11. The molecule has 0 fully saturated rings. The van der Waals surface area contributed by atoms with Crippen LogP contribution in [0.2, 0.25) is 0 Å². The average Bonchev–Trinajstić information content (AvgIpc) is 2.46. The Hall–Kier alpha value is -2.08. The molecule has 0 aliphatic rings. The van der Waals surface area contributed by atoms with Crippen LogP contribution < -0.4 is 10.5 Å². The molecular weight excluding hydrogens is 324 g/mol. The predicted octanol–water partition coefficient (Wildman–Crippen LogP) is 2.79. The molecule has 1 aromatic heterocycles. The lowest BCUT2D eigenvalue weighted by atomic mass is 10.1. The molecule has 6 heteroatoms. The molecule has 0 unspecified atom stereocenters. The van der Waals surface area contributed by atoms with Crippen molar-refractivity contribution in [2.45, 2.75) is 6.61 Å². The highest BCUT2D eigenvalue weighted by Crippen LogP contribution is 2.25. The van der Waals surface area contributed by atoms with Crippen LogP contribution in [0.4, 0.5) is 5.69 Å². The molecule has 2 rings (SSSR count). The van der Waals surface area contributed by atoms with Gasteiger partial charge in [-0.1, -0.05) is 6.07 Å². The summed E-state index contributed by atoms with van der Waals surface area (Å²) in [5.74, 6) is -0.0627. The third-order valence-electron chi connectivity index (χ3n) is 2.65. The zero-order chi connectivity index (χ0) is 14.5. The number of ether oxygens (including phenoxy) is 2. The average molecular weight is 337 g/mol. The molecule has 5 nitrogen and oxygen atoms in total. The number of para-hydroxylation sites is 1. The van der Waals surface area contributed by atoms with Crippen molar-refractivity contribution in [3.05, 3.63) is 52.3 Å². The zero-order valence-electron chi connectivity index (χ0n) is 10.8. The normalized spacial score (nSPS) is 10.1. The molecule has 0 saturated carbocycles. The van der Waals surface area contributed by atoms with Crippen LogP contribution in [-0.4, -0.2) is 18.1 Å². The molecular formula is C14H13BrN2O3. The summed E-state index contributed by atoms with van der Waals surface area (Å²) in [5.41, 5.74) is 7.04. The Morgan fingerprint density at radius 2 is 2.15 bits per heavy atom. The highest BCUT2D eigenvalue weighted by Gasteiger charge is 2.14. The van der Waals surface area contributed by atoms with Gasteiger partial charge in [0.1, 0.15) is 12.4 Å². The van der Waals surface area contributed by atoms with Crippen molar-refractivity contribution >= 4 is 27.6 Å². The summed E-state index contributed by atoms with van der Waals surface area (Å²) >= 11 is 3.29. The molecule has 0 aliphatic heterocycles. The second kappa shape index (κ2) is 6.38. The standard InChI is InChI=1S/C14H13BrN2O3/c1-19-12-4-2-3-11(13(12)16)14(18)20-8-10-6-5-9(15)7-17-10/h2-7H,8,16H2,1H3. The summed E-state index contributed by atoms with van der Waals surface area (Å²) in [6.45, 7) is 0.0861. The van der Waals surface area contributed by atoms with Crippen molar-refractivity contribution < 1.29 is 14.3 Å². The number of carbonyl (C=O) groups excluding carboxylic acids is 1. The van der Waals surface area contributed by atoms with Crippen LogP contribution in [-0.2, 0) is 11.3 Å². The quantitative estimate of drug-likeness (QED) is 0.686. The fraction of sp³-hybridized carbons (Fsp3) is 0.143. The number of hydrogen-bond acceptors (Lipinski definition) is 5. The summed E-state index contributed by atoms with van der Waals surface area (Å²) in [5, 5.41) is 0. The van der Waals surface area contributed by atoms with Crippen LogP contribution in [0.3, 0.4) is 0 Å². The Labute approximate surface area is 124 Å². The number of nitrogens with two attached hydrogens (primary N) is 1. The maximum Gasteiger partial charge on any atom is 0.340 e. The number of rotatable bonds is 4. The van der Waals surface area contributed by atoms with Gasteiger partial charge in [-0.2, -0.15) is 0 Å². The lowest BCUT2D eigenvalue weighted by Crippen LogP contribution is -2.09. The van der Waals surface area contributed by atoms with Gasteiger partial charge in [0.15, 0.2) is 0 Å². The molecule has 2 aromatic rings. The van der Waals surface area contributed by atoms with E-state index in [1.807, 2.05) is 6.07 Å². The lowest BCUT2D eigenvalue weighted by molar-refractivity contribution is 0.0468. The van der Waals surface area contributed by atoms with Gasteiger partial charge in [0.25, 0.3) is 0 Å². The monoisotopic (exact) mass is 336 g/mol. The smallest absolute Gasteiger partial charge is 0.340 e. The van der Waals surface area contributed by atoms with Crippen molar-refractivity contribution in [1.29, 1.82) is 0 Å². The summed E-state index contributed by atoms with van der Waals surface area (Å²) in [6.07, 6.45) is 1.64. The van der Waals surface area contributed by atoms with E-state index in [1.54, 1.807) is 30.5 Å². The number of methoxy groups -OCH3 is 1. The van der Waals surface area contributed by atoms with E-state index in [2.05, 4.69) is 20.9 Å². The second-order valence-corrected chi connectivity index (χ2v) is 4.88. The Bertz CT molecular complexity index is 614. The van der Waals surface area contributed by atoms with Crippen LogP contribution in [0.15, 0.2) is 41.0 Å². The topological polar surface area (TPSA) is 74.4 Å². The van der Waals surface area contributed by atoms with Crippen LogP contribution in [0, 0.1) is 0 Å². The van der Waals surface area contributed by atoms with Crippen molar-refractivity contribution in [2.24, 2.45) is 0 Å². The molecule has 0 radical (unpaired) electrons. The summed E-state index contributed by atoms with van der Waals surface area (Å²) in [4.78, 5) is 16.1. The molecule has 0 bridgehead atoms. The maximum absolute atomic E-state index is 12.0. The van der Waals surface area contributed by atoms with Crippen LogP contribution in [0.5, 0.6) is 5.75 Å². The fourth-order valence-corrected chi connectivity index (χ4v) is 1.84. The number of anilines is 1. The molecule has 2 N–H and O–H groups in total. The maximum atomic E-state index is 12.0. The second-order valence-electron chi connectivity index (χ2n) is 3.97. The van der Waals surface area contributed by atoms with Crippen molar-refractivity contribution in [1.82, 2.24) is 4.98 Å². The van der Waals surface area contributed by atoms with Gasteiger partial charge in [-0.05, 0) is 40.2 Å². The van der Waals surface area contributed by atoms with E-state index >= 15 is 0 Å². The molecule has 1 aromatic carbocycles. The number of nitrogens with zero attached hydrogens (tertiary/aromatic N) is 1. The zero-order valence-corrected chi connectivity index (χ0v) is 12.4. The Balaban J connectivity index is 2.07. The number of nitrogen functional groups attached to an aromatic ring is 1. The number of hydrogen-bond donors (Lipinski definition) is 1. The first-order chi connectivity index (χ1) is 9.61. The van der Waals surface area contributed by atoms with E-state index in [-0.39, 0.29) is 17.9 Å². The first-order valence-corrected chi connectivity index (χ1v) is 6.61. The minimum atomic E-state index is -0.508. The minimum Gasteiger partial charge on any atom is -0.495 e. The Kier molecular flexibility index (Phi) is 4.57. The van der Waals surface area contributed by atoms with E-state index < -0.39 is 5.97 Å². The summed E-state index contributed by atoms with van der Waals surface area (Å²) in [7, 11) is 1.49. The van der Waals surface area contributed by atoms with Gasteiger partial charge >= 0.3 is 5.97 Å². The SMILES string of the molecule is COc1cccc(C(=O)OCc2ccc(Br)cn2)c1N. The van der Waals surface area contributed by atoms with E-state index in [9.17, 15) is 4.79 Å². The minimum absolute atomic E-state index is 0.0861. The first kappa shape index (κ1) is 14.3. The van der Waals surface area contributed by atoms with Gasteiger partial charge in [0.05, 0.1) is 24.1 Å². The van der Waals surface area contributed by atoms with Crippen LogP contribution >= 0.6 is 15.9 Å². The number of esters is 1. The highest BCUT2D eigenvalue weighted by atomic mass is 79.9. The van der Waals surface area contributed by atoms with Crippen molar-refractivity contribution in [2.75, 3.05) is 12.8 Å². The number of pyridine rings is 1. The molecule has 104 valence electrons. The number of benzene rings is 1. The molecule has 0 amide bonds. The number of halogens is 1. The van der Waals surface area contributed by atoms with Crippen molar-refractivity contribution in [3.8, 4) is 5.75 Å². The van der Waals surface area contributed by atoms with E-state index in [0.29, 0.717) is 11.4 Å².